The Hall–Kier alpha value is -1.82. The van der Waals surface area contributed by atoms with E-state index in [2.05, 4.69) is 35.8 Å². The van der Waals surface area contributed by atoms with Crippen molar-refractivity contribution in [2.24, 2.45) is 5.41 Å². The van der Waals surface area contributed by atoms with Gasteiger partial charge in [-0.05, 0) is 45.2 Å². The summed E-state index contributed by atoms with van der Waals surface area (Å²) in [5, 5.41) is 9.09. The van der Waals surface area contributed by atoms with Gasteiger partial charge in [0.1, 0.15) is 5.82 Å². The third-order valence-electron chi connectivity index (χ3n) is 3.69. The summed E-state index contributed by atoms with van der Waals surface area (Å²) < 4.78 is 2.33. The largest absolute Gasteiger partial charge is 0.328 e. The number of nitriles is 1. The van der Waals surface area contributed by atoms with E-state index < -0.39 is 0 Å². The first-order valence-corrected chi connectivity index (χ1v) is 7.43. The summed E-state index contributed by atoms with van der Waals surface area (Å²) in [5.74, 6) is 1.17. The molecule has 0 radical (unpaired) electrons. The van der Waals surface area contributed by atoms with Crippen LogP contribution >= 0.6 is 0 Å². The number of aryl methyl sites for hydroxylation is 2. The second-order valence-corrected chi connectivity index (χ2v) is 6.02. The van der Waals surface area contributed by atoms with E-state index >= 15 is 0 Å². The van der Waals surface area contributed by atoms with Crippen molar-refractivity contribution in [3.63, 3.8) is 0 Å². The Balaban J connectivity index is 2.19. The molecule has 0 N–H and O–H groups in total. The molecule has 3 heteroatoms. The summed E-state index contributed by atoms with van der Waals surface area (Å²) in [6.45, 7) is 7.14. The van der Waals surface area contributed by atoms with E-state index in [0.29, 0.717) is 0 Å². The van der Waals surface area contributed by atoms with Gasteiger partial charge in [0.05, 0.1) is 22.5 Å². The van der Waals surface area contributed by atoms with E-state index in [0.717, 1.165) is 37.7 Å². The van der Waals surface area contributed by atoms with Gasteiger partial charge in [-0.15, -0.1) is 0 Å². The summed E-state index contributed by atoms with van der Waals surface area (Å²) in [6.07, 6.45) is 4.04. The molecule has 106 valence electrons. The number of para-hydroxylation sites is 2. The SMILES string of the molecule is CCCc1nc2ccccc2n1CCCC(C)(C)C#N. The van der Waals surface area contributed by atoms with Gasteiger partial charge in [-0.1, -0.05) is 19.1 Å². The Morgan fingerprint density at radius 2 is 2.05 bits per heavy atom. The lowest BCUT2D eigenvalue weighted by atomic mass is 9.90. The molecule has 1 heterocycles. The van der Waals surface area contributed by atoms with Gasteiger partial charge >= 0.3 is 0 Å². The monoisotopic (exact) mass is 269 g/mol. The van der Waals surface area contributed by atoms with E-state index in [1.54, 1.807) is 0 Å². The van der Waals surface area contributed by atoms with Crippen LogP contribution in [-0.4, -0.2) is 9.55 Å². The van der Waals surface area contributed by atoms with Gasteiger partial charge in [-0.25, -0.2) is 4.98 Å². The van der Waals surface area contributed by atoms with Crippen LogP contribution in [0.2, 0.25) is 0 Å². The van der Waals surface area contributed by atoms with Gasteiger partial charge in [-0.3, -0.25) is 0 Å². The van der Waals surface area contributed by atoms with E-state index in [-0.39, 0.29) is 5.41 Å². The summed E-state index contributed by atoms with van der Waals surface area (Å²) >= 11 is 0. The molecule has 0 fully saturated rings. The number of aromatic nitrogens is 2. The molecule has 20 heavy (non-hydrogen) atoms. The summed E-state index contributed by atoms with van der Waals surface area (Å²) in [4.78, 5) is 4.74. The van der Waals surface area contributed by atoms with Crippen molar-refractivity contribution in [1.29, 1.82) is 5.26 Å². The molecule has 0 aliphatic carbocycles. The highest BCUT2D eigenvalue weighted by Crippen LogP contribution is 2.23. The van der Waals surface area contributed by atoms with Crippen LogP contribution in [0.1, 0.15) is 45.9 Å². The van der Waals surface area contributed by atoms with Crippen LogP contribution in [0.5, 0.6) is 0 Å². The minimum Gasteiger partial charge on any atom is -0.328 e. The number of nitrogens with zero attached hydrogens (tertiary/aromatic N) is 3. The molecule has 0 saturated heterocycles. The third-order valence-corrected chi connectivity index (χ3v) is 3.69. The number of hydrogen-bond donors (Lipinski definition) is 0. The van der Waals surface area contributed by atoms with E-state index in [1.807, 2.05) is 19.9 Å². The standard InChI is InChI=1S/C17H23N3/c1-4-8-16-19-14-9-5-6-10-15(14)20(16)12-7-11-17(2,3)13-18/h5-6,9-10H,4,7-8,11-12H2,1-3H3. The molecule has 0 amide bonds. The highest BCUT2D eigenvalue weighted by atomic mass is 15.1. The van der Waals surface area contributed by atoms with E-state index in [4.69, 9.17) is 10.2 Å². The first-order valence-electron chi connectivity index (χ1n) is 7.43. The average Bonchev–Trinajstić information content (AvgIpc) is 2.77. The predicted molar refractivity (Wildman–Crippen MR) is 82.4 cm³/mol. The molecule has 0 spiro atoms. The summed E-state index contributed by atoms with van der Waals surface area (Å²) in [6, 6.07) is 10.7. The van der Waals surface area contributed by atoms with Gasteiger partial charge in [0.25, 0.3) is 0 Å². The van der Waals surface area contributed by atoms with Crippen molar-refractivity contribution < 1.29 is 0 Å². The molecular formula is C17H23N3. The first kappa shape index (κ1) is 14.6. The lowest BCUT2D eigenvalue weighted by molar-refractivity contribution is 0.415. The van der Waals surface area contributed by atoms with Crippen LogP contribution in [0.15, 0.2) is 24.3 Å². The molecule has 2 rings (SSSR count). The van der Waals surface area contributed by atoms with Crippen LogP contribution in [0.25, 0.3) is 11.0 Å². The predicted octanol–water partition coefficient (Wildman–Crippen LogP) is 4.32. The summed E-state index contributed by atoms with van der Waals surface area (Å²) in [5.41, 5.74) is 2.06. The fourth-order valence-corrected chi connectivity index (χ4v) is 2.52. The van der Waals surface area contributed by atoms with Gasteiger partial charge in [0.15, 0.2) is 0 Å². The zero-order valence-electron chi connectivity index (χ0n) is 12.7. The second-order valence-electron chi connectivity index (χ2n) is 6.02. The Morgan fingerprint density at radius 3 is 2.75 bits per heavy atom. The number of benzene rings is 1. The van der Waals surface area contributed by atoms with E-state index in [1.165, 1.54) is 11.3 Å². The lowest BCUT2D eigenvalue weighted by Gasteiger charge is -2.15. The molecule has 0 unspecified atom stereocenters. The van der Waals surface area contributed by atoms with Crippen molar-refractivity contribution >= 4 is 11.0 Å². The number of fused-ring (bicyclic) bond motifs is 1. The maximum absolute atomic E-state index is 9.09. The highest BCUT2D eigenvalue weighted by Gasteiger charge is 2.17. The first-order chi connectivity index (χ1) is 9.57. The molecule has 2 aromatic rings. The zero-order valence-corrected chi connectivity index (χ0v) is 12.7. The molecule has 1 aromatic heterocycles. The molecule has 0 atom stereocenters. The number of rotatable bonds is 6. The zero-order chi connectivity index (χ0) is 14.6. The Morgan fingerprint density at radius 1 is 1.30 bits per heavy atom. The molecule has 0 aliphatic heterocycles. The van der Waals surface area contributed by atoms with Crippen LogP contribution in [0.3, 0.4) is 0 Å². The van der Waals surface area contributed by atoms with Crippen LogP contribution < -0.4 is 0 Å². The van der Waals surface area contributed by atoms with Gasteiger partial charge in [-0.2, -0.15) is 5.26 Å². The average molecular weight is 269 g/mol. The molecule has 3 nitrogen and oxygen atoms in total. The Bertz CT molecular complexity index is 617. The topological polar surface area (TPSA) is 41.6 Å². The normalized spacial score (nSPS) is 11.7. The second kappa shape index (κ2) is 6.09. The Kier molecular flexibility index (Phi) is 4.44. The number of hydrogen-bond acceptors (Lipinski definition) is 2. The molecule has 0 bridgehead atoms. The minimum atomic E-state index is -0.235. The summed E-state index contributed by atoms with van der Waals surface area (Å²) in [7, 11) is 0. The van der Waals surface area contributed by atoms with Gasteiger partial charge < -0.3 is 4.57 Å². The maximum Gasteiger partial charge on any atom is 0.109 e. The van der Waals surface area contributed by atoms with Gasteiger partial charge in [0, 0.05) is 13.0 Å². The van der Waals surface area contributed by atoms with Crippen molar-refractivity contribution in [1.82, 2.24) is 9.55 Å². The van der Waals surface area contributed by atoms with Crippen LogP contribution in [-0.2, 0) is 13.0 Å². The fraction of sp³-hybridized carbons (Fsp3) is 0.529. The van der Waals surface area contributed by atoms with Gasteiger partial charge in [0.2, 0.25) is 0 Å². The van der Waals surface area contributed by atoms with Crippen molar-refractivity contribution in [3.05, 3.63) is 30.1 Å². The molecule has 0 saturated carbocycles. The molecular weight excluding hydrogens is 246 g/mol. The smallest absolute Gasteiger partial charge is 0.109 e. The highest BCUT2D eigenvalue weighted by molar-refractivity contribution is 5.75. The van der Waals surface area contributed by atoms with Crippen molar-refractivity contribution in [2.75, 3.05) is 0 Å². The van der Waals surface area contributed by atoms with Crippen molar-refractivity contribution in [3.8, 4) is 6.07 Å². The minimum absolute atomic E-state index is 0.235. The maximum atomic E-state index is 9.09. The van der Waals surface area contributed by atoms with E-state index in [9.17, 15) is 0 Å². The lowest BCUT2D eigenvalue weighted by Crippen LogP contribution is -2.11. The van der Waals surface area contributed by atoms with Crippen molar-refractivity contribution in [2.45, 2.75) is 53.0 Å². The quantitative estimate of drug-likeness (QED) is 0.783. The third kappa shape index (κ3) is 3.19. The van der Waals surface area contributed by atoms with Crippen LogP contribution in [0.4, 0.5) is 0 Å². The molecule has 1 aromatic carbocycles. The molecule has 0 aliphatic rings. The fourth-order valence-electron chi connectivity index (χ4n) is 2.52. The number of imidazole rings is 1. The van der Waals surface area contributed by atoms with Crippen LogP contribution in [0, 0.1) is 16.7 Å². The Labute approximate surface area is 121 Å².